The predicted octanol–water partition coefficient (Wildman–Crippen LogP) is 3.76. The predicted molar refractivity (Wildman–Crippen MR) is 98.6 cm³/mol. The normalized spacial score (nSPS) is 10.8. The molecule has 136 valence electrons. The fraction of sp³-hybridized carbons (Fsp3) is 0.263. The number of hydrogen-bond donors (Lipinski definition) is 1. The second kappa shape index (κ2) is 8.69. The smallest absolute Gasteiger partial charge is 0.254 e. The van der Waals surface area contributed by atoms with Crippen LogP contribution in [0.25, 0.3) is 5.69 Å². The van der Waals surface area contributed by atoms with Gasteiger partial charge in [0.15, 0.2) is 0 Å². The van der Waals surface area contributed by atoms with Gasteiger partial charge in [0.25, 0.3) is 5.91 Å². The molecule has 0 atom stereocenters. The maximum Gasteiger partial charge on any atom is 0.254 e. The zero-order valence-electron chi connectivity index (χ0n) is 14.4. The summed E-state index contributed by atoms with van der Waals surface area (Å²) >= 11 is 6.02. The van der Waals surface area contributed by atoms with E-state index in [9.17, 15) is 4.79 Å². The van der Waals surface area contributed by atoms with Crippen LogP contribution in [0, 0.1) is 6.92 Å². The lowest BCUT2D eigenvalue weighted by atomic mass is 10.2. The van der Waals surface area contributed by atoms with Crippen LogP contribution in [-0.4, -0.2) is 28.8 Å². The summed E-state index contributed by atoms with van der Waals surface area (Å²) in [7, 11) is 0. The van der Waals surface area contributed by atoms with Crippen LogP contribution >= 0.6 is 11.6 Å². The van der Waals surface area contributed by atoms with Gasteiger partial charge in [0.05, 0.1) is 29.4 Å². The van der Waals surface area contributed by atoms with E-state index in [4.69, 9.17) is 20.8 Å². The molecule has 3 aromatic rings. The molecule has 1 amide bonds. The molecule has 0 aliphatic carbocycles. The van der Waals surface area contributed by atoms with Gasteiger partial charge in [-0.3, -0.25) is 4.79 Å². The van der Waals surface area contributed by atoms with Crippen molar-refractivity contribution in [3.8, 4) is 5.69 Å². The maximum atomic E-state index is 12.4. The number of halogens is 1. The van der Waals surface area contributed by atoms with Gasteiger partial charge < -0.3 is 14.5 Å². The average Bonchev–Trinajstić information content (AvgIpc) is 3.27. The van der Waals surface area contributed by atoms with E-state index in [2.05, 4.69) is 10.4 Å². The second-order valence-corrected chi connectivity index (χ2v) is 6.21. The van der Waals surface area contributed by atoms with Crippen molar-refractivity contribution < 1.29 is 13.9 Å². The summed E-state index contributed by atoms with van der Waals surface area (Å²) in [6.07, 6.45) is 3.90. The summed E-state index contributed by atoms with van der Waals surface area (Å²) < 4.78 is 12.4. The molecular formula is C19H20ClN3O3. The largest absolute Gasteiger partial charge is 0.467 e. The molecule has 6 nitrogen and oxygen atoms in total. The van der Waals surface area contributed by atoms with E-state index in [1.54, 1.807) is 29.3 Å². The first-order valence-electron chi connectivity index (χ1n) is 8.34. The third kappa shape index (κ3) is 4.53. The molecule has 0 aliphatic rings. The fourth-order valence-corrected chi connectivity index (χ4v) is 2.72. The first kappa shape index (κ1) is 18.2. The van der Waals surface area contributed by atoms with Crippen LogP contribution in [0.1, 0.15) is 28.2 Å². The second-order valence-electron chi connectivity index (χ2n) is 5.78. The zero-order chi connectivity index (χ0) is 18.4. The lowest BCUT2D eigenvalue weighted by Gasteiger charge is -2.07. The van der Waals surface area contributed by atoms with Gasteiger partial charge in [-0.2, -0.15) is 5.10 Å². The van der Waals surface area contributed by atoms with Crippen molar-refractivity contribution in [2.45, 2.75) is 20.0 Å². The number of aromatic nitrogens is 2. The third-order valence-electron chi connectivity index (χ3n) is 3.88. The summed E-state index contributed by atoms with van der Waals surface area (Å²) in [5.74, 6) is 0.639. The average molecular weight is 374 g/mol. The number of nitrogens with zero attached hydrogens (tertiary/aromatic N) is 2. The molecule has 0 unspecified atom stereocenters. The summed E-state index contributed by atoms with van der Waals surface area (Å²) in [6.45, 7) is 3.36. The lowest BCUT2D eigenvalue weighted by Crippen LogP contribution is -2.25. The van der Waals surface area contributed by atoms with E-state index in [1.165, 1.54) is 0 Å². The molecular weight excluding hydrogens is 354 g/mol. The minimum Gasteiger partial charge on any atom is -0.467 e. The van der Waals surface area contributed by atoms with E-state index in [-0.39, 0.29) is 5.91 Å². The van der Waals surface area contributed by atoms with Crippen LogP contribution in [0.5, 0.6) is 0 Å². The van der Waals surface area contributed by atoms with Crippen LogP contribution in [0.2, 0.25) is 5.02 Å². The summed E-state index contributed by atoms with van der Waals surface area (Å²) in [5.41, 5.74) is 2.13. The minimum atomic E-state index is -0.151. The molecule has 3 rings (SSSR count). The van der Waals surface area contributed by atoms with Crippen molar-refractivity contribution >= 4 is 17.5 Å². The standard InChI is InChI=1S/C19H20ClN3O3/c1-14-18(12-22-23(14)16-6-2-5-15(20)11-16)19(24)21-8-4-9-25-13-17-7-3-10-26-17/h2-3,5-7,10-12H,4,8-9,13H2,1H3,(H,21,24). The Bertz CT molecular complexity index is 859. The molecule has 0 radical (unpaired) electrons. The quantitative estimate of drug-likeness (QED) is 0.610. The van der Waals surface area contributed by atoms with Gasteiger partial charge in [-0.15, -0.1) is 0 Å². The van der Waals surface area contributed by atoms with Crippen molar-refractivity contribution in [1.82, 2.24) is 15.1 Å². The number of hydrogen-bond acceptors (Lipinski definition) is 4. The molecule has 7 heteroatoms. The first-order valence-corrected chi connectivity index (χ1v) is 8.72. The number of ether oxygens (including phenoxy) is 1. The van der Waals surface area contributed by atoms with Crippen molar-refractivity contribution in [2.75, 3.05) is 13.2 Å². The Balaban J connectivity index is 1.47. The van der Waals surface area contributed by atoms with Gasteiger partial charge in [-0.1, -0.05) is 17.7 Å². The van der Waals surface area contributed by atoms with Crippen LogP contribution in [0.4, 0.5) is 0 Å². The highest BCUT2D eigenvalue weighted by atomic mass is 35.5. The van der Waals surface area contributed by atoms with E-state index < -0.39 is 0 Å². The van der Waals surface area contributed by atoms with Gasteiger partial charge in [0.1, 0.15) is 12.4 Å². The first-order chi connectivity index (χ1) is 12.6. The SMILES string of the molecule is Cc1c(C(=O)NCCCOCc2ccco2)cnn1-c1cccc(Cl)c1. The van der Waals surface area contributed by atoms with Crippen molar-refractivity contribution in [2.24, 2.45) is 0 Å². The molecule has 1 aromatic carbocycles. The van der Waals surface area contributed by atoms with E-state index >= 15 is 0 Å². The topological polar surface area (TPSA) is 69.3 Å². The molecule has 0 aliphatic heterocycles. The molecule has 0 fully saturated rings. The fourth-order valence-electron chi connectivity index (χ4n) is 2.54. The number of carbonyl (C=O) groups is 1. The Morgan fingerprint density at radius 1 is 1.35 bits per heavy atom. The number of carbonyl (C=O) groups excluding carboxylic acids is 1. The molecule has 0 spiro atoms. The van der Waals surface area contributed by atoms with Crippen LogP contribution < -0.4 is 5.32 Å². The highest BCUT2D eigenvalue weighted by molar-refractivity contribution is 6.30. The Kier molecular flexibility index (Phi) is 6.09. The molecule has 1 N–H and O–H groups in total. The summed E-state index contributed by atoms with van der Waals surface area (Å²) in [6, 6.07) is 11.0. The van der Waals surface area contributed by atoms with Crippen LogP contribution in [0.15, 0.2) is 53.3 Å². The minimum absolute atomic E-state index is 0.151. The molecule has 2 aromatic heterocycles. The maximum absolute atomic E-state index is 12.4. The highest BCUT2D eigenvalue weighted by Gasteiger charge is 2.14. The summed E-state index contributed by atoms with van der Waals surface area (Å²) in [5, 5.41) is 7.81. The monoisotopic (exact) mass is 373 g/mol. The molecule has 0 saturated heterocycles. The summed E-state index contributed by atoms with van der Waals surface area (Å²) in [4.78, 5) is 12.4. The van der Waals surface area contributed by atoms with Crippen molar-refractivity contribution in [3.05, 3.63) is 70.9 Å². The Morgan fingerprint density at radius 3 is 3.00 bits per heavy atom. The Labute approximate surface area is 156 Å². The van der Waals surface area contributed by atoms with E-state index in [0.717, 1.165) is 17.1 Å². The number of nitrogens with one attached hydrogen (secondary N) is 1. The van der Waals surface area contributed by atoms with Crippen molar-refractivity contribution in [3.63, 3.8) is 0 Å². The molecule has 26 heavy (non-hydrogen) atoms. The number of amides is 1. The Morgan fingerprint density at radius 2 is 2.23 bits per heavy atom. The number of benzene rings is 1. The van der Waals surface area contributed by atoms with Gasteiger partial charge in [-0.05, 0) is 43.7 Å². The van der Waals surface area contributed by atoms with E-state index in [1.807, 2.05) is 31.2 Å². The number of furan rings is 1. The lowest BCUT2D eigenvalue weighted by molar-refractivity contribution is 0.0916. The van der Waals surface area contributed by atoms with Gasteiger partial charge >= 0.3 is 0 Å². The van der Waals surface area contributed by atoms with Crippen LogP contribution in [-0.2, 0) is 11.3 Å². The van der Waals surface area contributed by atoms with E-state index in [0.29, 0.717) is 36.8 Å². The van der Waals surface area contributed by atoms with Gasteiger partial charge in [0, 0.05) is 18.2 Å². The zero-order valence-corrected chi connectivity index (χ0v) is 15.2. The highest BCUT2D eigenvalue weighted by Crippen LogP contribution is 2.17. The van der Waals surface area contributed by atoms with Crippen LogP contribution in [0.3, 0.4) is 0 Å². The molecule has 2 heterocycles. The Hall–Kier alpha value is -2.57. The molecule has 0 saturated carbocycles. The van der Waals surface area contributed by atoms with Crippen molar-refractivity contribution in [1.29, 1.82) is 0 Å². The molecule has 0 bridgehead atoms. The number of rotatable bonds is 8. The van der Waals surface area contributed by atoms with Gasteiger partial charge in [0.2, 0.25) is 0 Å². The van der Waals surface area contributed by atoms with Gasteiger partial charge in [-0.25, -0.2) is 4.68 Å². The third-order valence-corrected chi connectivity index (χ3v) is 4.12.